The van der Waals surface area contributed by atoms with Gasteiger partial charge in [0.1, 0.15) is 5.92 Å². The fraction of sp³-hybridized carbons (Fsp3) is 0.818. The lowest BCUT2D eigenvalue weighted by Crippen LogP contribution is -2.35. The number of carbonyl (C=O) groups is 4. The van der Waals surface area contributed by atoms with Crippen molar-refractivity contribution in [2.75, 3.05) is 0 Å². The molecule has 0 aromatic heterocycles. The predicted molar refractivity (Wildman–Crippen MR) is 125 cm³/mol. The van der Waals surface area contributed by atoms with Crippen LogP contribution in [0, 0.1) is 45.3 Å². The molecule has 2 unspecified atom stereocenters. The molecule has 4 fully saturated rings. The second-order valence-corrected chi connectivity index (χ2v) is 13.8. The van der Waals surface area contributed by atoms with Crippen molar-refractivity contribution in [3.05, 3.63) is 0 Å². The van der Waals surface area contributed by atoms with Gasteiger partial charge in [0.25, 0.3) is 0 Å². The van der Waals surface area contributed by atoms with Crippen LogP contribution in [0.5, 0.6) is 0 Å². The Morgan fingerprint density at radius 2 is 1.16 bits per heavy atom. The van der Waals surface area contributed by atoms with Crippen LogP contribution in [-0.4, -0.2) is 32.1 Å². The molecule has 0 spiro atoms. The Hall–Kier alpha value is -0.500. The molecule has 0 radical (unpaired) electrons. The minimum absolute atomic E-state index is 0.0394. The highest BCUT2D eigenvalue weighted by Gasteiger charge is 2.68. The van der Waals surface area contributed by atoms with Crippen molar-refractivity contribution in [3.8, 4) is 0 Å². The molecule has 182 valence electrons. The standard InChI is InChI=1S/C11H15ClO2.C11H16O3.Cl2OS/c1-10(2)6-4-5-11(10,3)8(13)7(6)9(12)14;1-10(2)6-4-5-11(10,3)8(12)7(6)9(13)14;1-4(2)3/h6-7H,4-5H2,1-3H3;6-7H,4-5H2,1-3H3,(H,13,14);/t2*6-,7?,11+;/m00./s1. The molecule has 0 aromatic carbocycles. The number of carboxylic acid groups (broad SMARTS) is 1. The highest BCUT2D eigenvalue weighted by Crippen LogP contribution is 2.66. The number of rotatable bonds is 2. The van der Waals surface area contributed by atoms with Gasteiger partial charge in [-0.25, -0.2) is 4.21 Å². The number of fused-ring (bicyclic) bond motifs is 4. The molecule has 4 saturated carbocycles. The Kier molecular flexibility index (Phi) is 7.75. The van der Waals surface area contributed by atoms with Gasteiger partial charge in [0.2, 0.25) is 14.5 Å². The molecular formula is C22H31Cl3O6S. The first-order valence-electron chi connectivity index (χ1n) is 10.6. The van der Waals surface area contributed by atoms with Gasteiger partial charge in [-0.2, -0.15) is 0 Å². The third kappa shape index (κ3) is 3.99. The number of carbonyl (C=O) groups excluding carboxylic acids is 3. The summed E-state index contributed by atoms with van der Waals surface area (Å²) in [5.74, 6) is -2.00. The number of carboxylic acids is 1. The molecule has 0 aliphatic heterocycles. The molecule has 4 aliphatic carbocycles. The average molecular weight is 530 g/mol. The lowest BCUT2D eigenvalue weighted by molar-refractivity contribution is -0.149. The summed E-state index contributed by atoms with van der Waals surface area (Å²) < 4.78 is 9.09. The molecule has 6 nitrogen and oxygen atoms in total. The van der Waals surface area contributed by atoms with Crippen molar-refractivity contribution in [3.63, 3.8) is 0 Å². The second-order valence-electron chi connectivity index (χ2n) is 10.9. The van der Waals surface area contributed by atoms with Crippen LogP contribution in [-0.2, 0) is 28.4 Å². The maximum Gasteiger partial charge on any atom is 0.314 e. The lowest BCUT2D eigenvalue weighted by atomic mass is 9.70. The van der Waals surface area contributed by atoms with E-state index >= 15 is 0 Å². The third-order valence-corrected chi connectivity index (χ3v) is 9.81. The Balaban J connectivity index is 0.000000195. The van der Waals surface area contributed by atoms with E-state index in [4.69, 9.17) is 20.9 Å². The van der Waals surface area contributed by atoms with Gasteiger partial charge < -0.3 is 5.11 Å². The molecule has 0 amide bonds. The van der Waals surface area contributed by atoms with E-state index in [2.05, 4.69) is 35.2 Å². The fourth-order valence-electron chi connectivity index (χ4n) is 6.72. The van der Waals surface area contributed by atoms with Crippen LogP contribution >= 0.6 is 33.0 Å². The second kappa shape index (κ2) is 8.94. The predicted octanol–water partition coefficient (Wildman–Crippen LogP) is 5.15. The Morgan fingerprint density at radius 1 is 0.844 bits per heavy atom. The van der Waals surface area contributed by atoms with E-state index in [9.17, 15) is 19.2 Å². The summed E-state index contributed by atoms with van der Waals surface area (Å²) >= 11 is 5.50. The number of Topliss-reactive ketones (excluding diaryl/α,β-unsaturated/α-hetero) is 2. The normalized spacial score (nSPS) is 39.9. The molecule has 6 atom stereocenters. The van der Waals surface area contributed by atoms with E-state index in [1.807, 2.05) is 27.7 Å². The van der Waals surface area contributed by atoms with E-state index in [0.29, 0.717) is 0 Å². The van der Waals surface area contributed by atoms with Crippen LogP contribution in [0.1, 0.15) is 67.2 Å². The largest absolute Gasteiger partial charge is 0.481 e. The van der Waals surface area contributed by atoms with Crippen LogP contribution < -0.4 is 0 Å². The molecule has 4 bridgehead atoms. The minimum atomic E-state index is -1.67. The average Bonchev–Trinajstić information content (AvgIpc) is 3.12. The Labute approximate surface area is 205 Å². The summed E-state index contributed by atoms with van der Waals surface area (Å²) in [7, 11) is 7.36. The van der Waals surface area contributed by atoms with Crippen molar-refractivity contribution in [2.24, 2.45) is 45.3 Å². The highest BCUT2D eigenvalue weighted by atomic mass is 36.0. The number of ketones is 2. The zero-order chi connectivity index (χ0) is 25.0. The van der Waals surface area contributed by atoms with Gasteiger partial charge in [0.05, 0.1) is 5.92 Å². The molecule has 32 heavy (non-hydrogen) atoms. The van der Waals surface area contributed by atoms with Gasteiger partial charge in [0.15, 0.2) is 11.6 Å². The fourth-order valence-corrected chi connectivity index (χ4v) is 6.97. The Bertz CT molecular complexity index is 804. The molecule has 0 aromatic rings. The summed E-state index contributed by atoms with van der Waals surface area (Å²) in [6.45, 7) is 12.1. The summed E-state index contributed by atoms with van der Waals surface area (Å²) in [5.41, 5.74) is -0.944. The molecule has 4 rings (SSSR count). The zero-order valence-electron chi connectivity index (χ0n) is 19.2. The summed E-state index contributed by atoms with van der Waals surface area (Å²) in [6, 6.07) is 0. The minimum Gasteiger partial charge on any atom is -0.481 e. The van der Waals surface area contributed by atoms with Gasteiger partial charge in [-0.05, 0) is 60.0 Å². The van der Waals surface area contributed by atoms with E-state index < -0.39 is 37.7 Å². The van der Waals surface area contributed by atoms with Crippen molar-refractivity contribution >= 4 is 65.0 Å². The Morgan fingerprint density at radius 3 is 1.31 bits per heavy atom. The van der Waals surface area contributed by atoms with Gasteiger partial charge in [0, 0.05) is 32.2 Å². The number of hydrogen-bond donors (Lipinski definition) is 1. The van der Waals surface area contributed by atoms with E-state index in [-0.39, 0.29) is 39.6 Å². The summed E-state index contributed by atoms with van der Waals surface area (Å²) in [5, 5.41) is 8.57. The number of hydrogen-bond acceptors (Lipinski definition) is 5. The van der Waals surface area contributed by atoms with E-state index in [0.717, 1.165) is 25.7 Å². The van der Waals surface area contributed by atoms with Crippen molar-refractivity contribution in [1.29, 1.82) is 0 Å². The van der Waals surface area contributed by atoms with Crippen LogP contribution in [0.15, 0.2) is 0 Å². The first kappa shape index (κ1) is 27.7. The monoisotopic (exact) mass is 528 g/mol. The zero-order valence-corrected chi connectivity index (χ0v) is 22.3. The summed E-state index contributed by atoms with van der Waals surface area (Å²) in [6.07, 6.45) is 3.60. The molecule has 1 N–H and O–H groups in total. The maximum atomic E-state index is 12.0. The quantitative estimate of drug-likeness (QED) is 0.392. The van der Waals surface area contributed by atoms with Crippen LogP contribution in [0.2, 0.25) is 0 Å². The van der Waals surface area contributed by atoms with Crippen molar-refractivity contribution in [1.82, 2.24) is 0 Å². The molecule has 0 saturated heterocycles. The van der Waals surface area contributed by atoms with Crippen LogP contribution in [0.4, 0.5) is 0 Å². The van der Waals surface area contributed by atoms with Gasteiger partial charge in [-0.15, -0.1) is 0 Å². The van der Waals surface area contributed by atoms with Gasteiger partial charge in [-0.1, -0.05) is 41.5 Å². The van der Waals surface area contributed by atoms with Crippen molar-refractivity contribution < 1.29 is 28.5 Å². The molecule has 10 heteroatoms. The third-order valence-electron chi connectivity index (χ3n) is 9.58. The number of aliphatic carboxylic acids is 1. The topological polar surface area (TPSA) is 106 Å². The molecular weight excluding hydrogens is 499 g/mol. The maximum absolute atomic E-state index is 12.0. The van der Waals surface area contributed by atoms with E-state index in [1.54, 1.807) is 0 Å². The van der Waals surface area contributed by atoms with E-state index in [1.165, 1.54) is 0 Å². The first-order valence-corrected chi connectivity index (χ1v) is 13.8. The first-order chi connectivity index (χ1) is 14.4. The lowest BCUT2D eigenvalue weighted by Gasteiger charge is -2.32. The highest BCUT2D eigenvalue weighted by molar-refractivity contribution is 8.26. The van der Waals surface area contributed by atoms with Crippen molar-refractivity contribution in [2.45, 2.75) is 67.2 Å². The number of halogens is 3. The van der Waals surface area contributed by atoms with Crippen LogP contribution in [0.3, 0.4) is 0 Å². The van der Waals surface area contributed by atoms with Gasteiger partial charge >= 0.3 is 5.97 Å². The summed E-state index contributed by atoms with van der Waals surface area (Å²) in [4.78, 5) is 46.2. The van der Waals surface area contributed by atoms with Gasteiger partial charge in [-0.3, -0.25) is 19.2 Å². The smallest absolute Gasteiger partial charge is 0.314 e. The molecule has 0 heterocycles. The van der Waals surface area contributed by atoms with Crippen LogP contribution in [0.25, 0.3) is 0 Å². The molecule has 4 aliphatic rings. The SMILES string of the molecule is CC1(C)[C@H]2CC[C@]1(C)C(=O)C2C(=O)Cl.CC1(C)[C@H]2CC[C@]1(C)C(=O)C2C(=O)O.O=S(Cl)Cl.